The lowest BCUT2D eigenvalue weighted by molar-refractivity contribution is -0.153. The standard InChI is InChI=1S/C15H21NO3/c1-3-18-15(17)14(13-7-5-4-6-8-13)16-9-10-19-12(2)11-16/h4-8,12,14H,3,9-11H2,1-2H3. The molecule has 104 valence electrons. The zero-order valence-electron chi connectivity index (χ0n) is 11.5. The summed E-state index contributed by atoms with van der Waals surface area (Å²) in [6, 6.07) is 9.47. The molecule has 0 saturated carbocycles. The molecule has 1 heterocycles. The molecule has 1 aromatic rings. The Kier molecular flexibility index (Phi) is 4.93. The molecule has 2 rings (SSSR count). The van der Waals surface area contributed by atoms with Crippen molar-refractivity contribution in [3.63, 3.8) is 0 Å². The van der Waals surface area contributed by atoms with Crippen LogP contribution in [0, 0.1) is 0 Å². The molecule has 1 aromatic carbocycles. The fourth-order valence-corrected chi connectivity index (χ4v) is 2.43. The van der Waals surface area contributed by atoms with Crippen molar-refractivity contribution in [2.75, 3.05) is 26.3 Å². The maximum absolute atomic E-state index is 12.2. The van der Waals surface area contributed by atoms with E-state index in [1.54, 1.807) is 0 Å². The summed E-state index contributed by atoms with van der Waals surface area (Å²) in [5.41, 5.74) is 0.982. The molecule has 1 aliphatic heterocycles. The van der Waals surface area contributed by atoms with Gasteiger partial charge in [0.25, 0.3) is 0 Å². The highest BCUT2D eigenvalue weighted by atomic mass is 16.5. The summed E-state index contributed by atoms with van der Waals surface area (Å²) >= 11 is 0. The molecule has 0 spiro atoms. The van der Waals surface area contributed by atoms with Gasteiger partial charge in [0.15, 0.2) is 0 Å². The van der Waals surface area contributed by atoms with E-state index in [0.29, 0.717) is 13.2 Å². The molecular formula is C15H21NO3. The first-order valence-electron chi connectivity index (χ1n) is 6.79. The van der Waals surface area contributed by atoms with Gasteiger partial charge in [-0.3, -0.25) is 4.90 Å². The molecule has 0 aromatic heterocycles. The summed E-state index contributed by atoms with van der Waals surface area (Å²) in [5.74, 6) is -0.178. The molecule has 2 atom stereocenters. The van der Waals surface area contributed by atoms with Crippen molar-refractivity contribution >= 4 is 5.97 Å². The molecule has 4 nitrogen and oxygen atoms in total. The lowest BCUT2D eigenvalue weighted by Crippen LogP contribution is -2.45. The first kappa shape index (κ1) is 14.0. The number of benzene rings is 1. The highest BCUT2D eigenvalue weighted by Gasteiger charge is 2.31. The van der Waals surface area contributed by atoms with Crippen molar-refractivity contribution in [3.05, 3.63) is 35.9 Å². The lowest BCUT2D eigenvalue weighted by atomic mass is 10.0. The van der Waals surface area contributed by atoms with Crippen LogP contribution in [0.2, 0.25) is 0 Å². The molecule has 2 unspecified atom stereocenters. The average Bonchev–Trinajstić information content (AvgIpc) is 2.40. The van der Waals surface area contributed by atoms with Crippen LogP contribution >= 0.6 is 0 Å². The Hall–Kier alpha value is -1.39. The van der Waals surface area contributed by atoms with Gasteiger partial charge in [-0.25, -0.2) is 4.79 Å². The van der Waals surface area contributed by atoms with E-state index < -0.39 is 0 Å². The van der Waals surface area contributed by atoms with Crippen LogP contribution in [0.25, 0.3) is 0 Å². The first-order chi connectivity index (χ1) is 9.22. The van der Waals surface area contributed by atoms with E-state index >= 15 is 0 Å². The SMILES string of the molecule is CCOC(=O)C(c1ccccc1)N1CCOC(C)C1. The van der Waals surface area contributed by atoms with E-state index in [0.717, 1.165) is 18.7 Å². The van der Waals surface area contributed by atoms with Gasteiger partial charge in [0.05, 0.1) is 19.3 Å². The second-order valence-electron chi connectivity index (χ2n) is 4.74. The fourth-order valence-electron chi connectivity index (χ4n) is 2.43. The van der Waals surface area contributed by atoms with E-state index in [2.05, 4.69) is 4.90 Å². The van der Waals surface area contributed by atoms with Crippen LogP contribution in [0.5, 0.6) is 0 Å². The van der Waals surface area contributed by atoms with E-state index in [9.17, 15) is 4.79 Å². The van der Waals surface area contributed by atoms with Crippen molar-refractivity contribution < 1.29 is 14.3 Å². The highest BCUT2D eigenvalue weighted by molar-refractivity contribution is 5.77. The van der Waals surface area contributed by atoms with Crippen LogP contribution in [0.3, 0.4) is 0 Å². The Bertz CT molecular complexity index is 407. The Morgan fingerprint density at radius 1 is 1.47 bits per heavy atom. The van der Waals surface area contributed by atoms with Crippen molar-refractivity contribution in [3.8, 4) is 0 Å². The summed E-state index contributed by atoms with van der Waals surface area (Å²) in [7, 11) is 0. The molecule has 1 aliphatic rings. The fraction of sp³-hybridized carbons (Fsp3) is 0.533. The number of morpholine rings is 1. The quantitative estimate of drug-likeness (QED) is 0.779. The Labute approximate surface area is 114 Å². The molecule has 19 heavy (non-hydrogen) atoms. The first-order valence-corrected chi connectivity index (χ1v) is 6.79. The Morgan fingerprint density at radius 2 is 2.21 bits per heavy atom. The zero-order chi connectivity index (χ0) is 13.7. The minimum Gasteiger partial charge on any atom is -0.465 e. The molecule has 0 aliphatic carbocycles. The molecule has 0 amide bonds. The Balaban J connectivity index is 2.21. The molecular weight excluding hydrogens is 242 g/mol. The number of carbonyl (C=O) groups excluding carboxylic acids is 1. The van der Waals surface area contributed by atoms with E-state index in [-0.39, 0.29) is 18.1 Å². The van der Waals surface area contributed by atoms with Gasteiger partial charge in [0.1, 0.15) is 6.04 Å². The number of rotatable bonds is 4. The lowest BCUT2D eigenvalue weighted by Gasteiger charge is -2.36. The largest absolute Gasteiger partial charge is 0.465 e. The normalized spacial score (nSPS) is 21.9. The third-order valence-corrected chi connectivity index (χ3v) is 3.26. The second-order valence-corrected chi connectivity index (χ2v) is 4.74. The summed E-state index contributed by atoms with van der Waals surface area (Å²) in [6.45, 7) is 6.42. The van der Waals surface area contributed by atoms with Gasteiger partial charge in [0.2, 0.25) is 0 Å². The second kappa shape index (κ2) is 6.68. The molecule has 0 bridgehead atoms. The topological polar surface area (TPSA) is 38.8 Å². The predicted molar refractivity (Wildman–Crippen MR) is 72.8 cm³/mol. The van der Waals surface area contributed by atoms with Gasteiger partial charge in [0, 0.05) is 13.1 Å². The van der Waals surface area contributed by atoms with Gasteiger partial charge in [-0.2, -0.15) is 0 Å². The van der Waals surface area contributed by atoms with Gasteiger partial charge < -0.3 is 9.47 Å². The van der Waals surface area contributed by atoms with Gasteiger partial charge >= 0.3 is 5.97 Å². The molecule has 0 N–H and O–H groups in total. The number of esters is 1. The summed E-state index contributed by atoms with van der Waals surface area (Å²) in [5, 5.41) is 0. The summed E-state index contributed by atoms with van der Waals surface area (Å²) in [6.07, 6.45) is 0.148. The molecule has 0 radical (unpaired) electrons. The van der Waals surface area contributed by atoms with Gasteiger partial charge in [-0.05, 0) is 19.4 Å². The third-order valence-electron chi connectivity index (χ3n) is 3.26. The van der Waals surface area contributed by atoms with Gasteiger partial charge in [-0.1, -0.05) is 30.3 Å². The van der Waals surface area contributed by atoms with Crippen LogP contribution in [-0.4, -0.2) is 43.3 Å². The van der Waals surface area contributed by atoms with Crippen LogP contribution in [0.4, 0.5) is 0 Å². The van der Waals surface area contributed by atoms with Crippen LogP contribution < -0.4 is 0 Å². The average molecular weight is 263 g/mol. The maximum Gasteiger partial charge on any atom is 0.328 e. The van der Waals surface area contributed by atoms with Crippen molar-refractivity contribution in [2.24, 2.45) is 0 Å². The number of ether oxygens (including phenoxy) is 2. The van der Waals surface area contributed by atoms with Crippen molar-refractivity contribution in [2.45, 2.75) is 26.0 Å². The van der Waals surface area contributed by atoms with Crippen molar-refractivity contribution in [1.82, 2.24) is 4.90 Å². The van der Waals surface area contributed by atoms with E-state index in [1.165, 1.54) is 0 Å². The molecule has 1 saturated heterocycles. The minimum absolute atomic E-state index is 0.148. The van der Waals surface area contributed by atoms with Crippen molar-refractivity contribution in [1.29, 1.82) is 0 Å². The third kappa shape index (κ3) is 3.55. The number of carbonyl (C=O) groups is 1. The highest BCUT2D eigenvalue weighted by Crippen LogP contribution is 2.24. The summed E-state index contributed by atoms with van der Waals surface area (Å²) < 4.78 is 10.8. The Morgan fingerprint density at radius 3 is 2.84 bits per heavy atom. The van der Waals surface area contributed by atoms with Crippen LogP contribution in [0.15, 0.2) is 30.3 Å². The van der Waals surface area contributed by atoms with E-state index in [4.69, 9.17) is 9.47 Å². The minimum atomic E-state index is -0.326. The maximum atomic E-state index is 12.2. The van der Waals surface area contributed by atoms with E-state index in [1.807, 2.05) is 44.2 Å². The number of hydrogen-bond donors (Lipinski definition) is 0. The monoisotopic (exact) mass is 263 g/mol. The molecule has 1 fully saturated rings. The smallest absolute Gasteiger partial charge is 0.328 e. The van der Waals surface area contributed by atoms with Crippen LogP contribution in [0.1, 0.15) is 25.5 Å². The summed E-state index contributed by atoms with van der Waals surface area (Å²) in [4.78, 5) is 14.4. The zero-order valence-corrected chi connectivity index (χ0v) is 11.5. The molecule has 4 heteroatoms. The van der Waals surface area contributed by atoms with Gasteiger partial charge in [-0.15, -0.1) is 0 Å². The number of nitrogens with zero attached hydrogens (tertiary/aromatic N) is 1. The predicted octanol–water partition coefficient (Wildman–Crippen LogP) is 2.01. The van der Waals surface area contributed by atoms with Crippen LogP contribution in [-0.2, 0) is 14.3 Å². The number of hydrogen-bond acceptors (Lipinski definition) is 4.